The van der Waals surface area contributed by atoms with E-state index >= 15 is 0 Å². The largest absolute Gasteiger partial charge is 0.461 e. The SMILES string of the molecule is CON=C[C@@H](F)[C@H](OC(=O)c1ccc([N+](=O)[O-])cc1Cl)[C@@H](Br)COC(=O)c1ccc([N+](=O)[O-])cc1.O=C[C@@H](F)[C@H](OC(=O)c1ccc([N+](=O)[O-])cc1Cl)[C@@H](Br)COC(=O)c1ccc([N+](=O)[O-])cc1. The predicted octanol–water partition coefficient (Wildman–Crippen LogP) is 8.11. The number of carbonyl (C=O) groups excluding carboxylic acids is 5. The molecule has 0 bridgehead atoms. The molecule has 0 heterocycles. The third kappa shape index (κ3) is 16.1. The lowest BCUT2D eigenvalue weighted by Gasteiger charge is -2.24. The summed E-state index contributed by atoms with van der Waals surface area (Å²) in [6.45, 7) is -1.03. The molecular weight excluding hydrogens is 1100 g/mol. The van der Waals surface area contributed by atoms with Gasteiger partial charge in [0.1, 0.15) is 20.3 Å². The van der Waals surface area contributed by atoms with Crippen LogP contribution in [0.1, 0.15) is 41.4 Å². The summed E-state index contributed by atoms with van der Waals surface area (Å²) < 4.78 is 49.2. The topological polar surface area (TPSA) is 316 Å². The fourth-order valence-electron chi connectivity index (χ4n) is 5.00. The Morgan fingerprint density at radius 2 is 0.941 bits per heavy atom. The first kappa shape index (κ1) is 55.2. The van der Waals surface area contributed by atoms with Crippen LogP contribution in [0.2, 0.25) is 10.0 Å². The van der Waals surface area contributed by atoms with Crippen molar-refractivity contribution in [3.8, 4) is 0 Å². The van der Waals surface area contributed by atoms with E-state index in [4.69, 9.17) is 42.1 Å². The van der Waals surface area contributed by atoms with Crippen molar-refractivity contribution in [3.05, 3.63) is 158 Å². The first-order valence-corrected chi connectivity index (χ1v) is 20.9. The third-order valence-electron chi connectivity index (χ3n) is 8.41. The minimum atomic E-state index is -2.31. The molecule has 0 saturated carbocycles. The zero-order chi connectivity index (χ0) is 50.8. The molecule has 4 aromatic rings. The lowest BCUT2D eigenvalue weighted by Crippen LogP contribution is -2.40. The molecule has 0 aromatic heterocycles. The highest BCUT2D eigenvalue weighted by Crippen LogP contribution is 2.28. The molecule has 0 aliphatic rings. The van der Waals surface area contributed by atoms with Crippen LogP contribution in [-0.4, -0.2) is 111 Å². The molecule has 4 rings (SSSR count). The van der Waals surface area contributed by atoms with Crippen molar-refractivity contribution in [2.24, 2.45) is 5.16 Å². The minimum absolute atomic E-state index is 0.000694. The van der Waals surface area contributed by atoms with E-state index in [9.17, 15) is 73.2 Å². The molecule has 6 atom stereocenters. The fraction of sp³-hybridized carbons (Fsp3) is 0.231. The normalized spacial score (nSPS) is 13.4. The van der Waals surface area contributed by atoms with E-state index in [2.05, 4.69) is 41.9 Å². The lowest BCUT2D eigenvalue weighted by molar-refractivity contribution is -0.385. The summed E-state index contributed by atoms with van der Waals surface area (Å²) in [5, 5.41) is 45.7. The number of nitro groups is 4. The Kier molecular flexibility index (Phi) is 21.4. The molecule has 23 nitrogen and oxygen atoms in total. The highest BCUT2D eigenvalue weighted by atomic mass is 79.9. The molecule has 4 aromatic carbocycles. The molecule has 0 spiro atoms. The summed E-state index contributed by atoms with van der Waals surface area (Å²) in [5.41, 5.74) is -1.83. The number of halogens is 6. The van der Waals surface area contributed by atoms with E-state index in [0.29, 0.717) is 6.21 Å². The number of aldehydes is 1. The van der Waals surface area contributed by atoms with Gasteiger partial charge in [0.15, 0.2) is 30.8 Å². The quantitative estimate of drug-likeness (QED) is 0.0145. The van der Waals surface area contributed by atoms with Crippen molar-refractivity contribution >= 4 is 114 Å². The Hall–Kier alpha value is -7.10. The van der Waals surface area contributed by atoms with Gasteiger partial charge in [-0.2, -0.15) is 0 Å². The van der Waals surface area contributed by atoms with Gasteiger partial charge in [-0.25, -0.2) is 28.0 Å². The summed E-state index contributed by atoms with van der Waals surface area (Å²) in [5.74, 6) is -4.04. The summed E-state index contributed by atoms with van der Waals surface area (Å²) in [6, 6.07) is 15.0. The van der Waals surface area contributed by atoms with Gasteiger partial charge in [0.25, 0.3) is 22.7 Å². The number of esters is 4. The molecule has 0 amide bonds. The maximum atomic E-state index is 14.8. The third-order valence-corrected chi connectivity index (χ3v) is 10.6. The predicted molar refractivity (Wildman–Crippen MR) is 238 cm³/mol. The van der Waals surface area contributed by atoms with Gasteiger partial charge >= 0.3 is 23.9 Å². The van der Waals surface area contributed by atoms with Crippen LogP contribution in [0.3, 0.4) is 0 Å². The van der Waals surface area contributed by atoms with Crippen LogP contribution < -0.4 is 0 Å². The Labute approximate surface area is 406 Å². The van der Waals surface area contributed by atoms with Gasteiger partial charge in [0.2, 0.25) is 0 Å². The Morgan fingerprint density at radius 1 is 0.603 bits per heavy atom. The van der Waals surface area contributed by atoms with Crippen molar-refractivity contribution in [1.29, 1.82) is 0 Å². The summed E-state index contributed by atoms with van der Waals surface area (Å²) in [6.07, 6.45) is -7.10. The average Bonchev–Trinajstić information content (AvgIpc) is 3.31. The van der Waals surface area contributed by atoms with Crippen LogP contribution in [0.4, 0.5) is 31.5 Å². The van der Waals surface area contributed by atoms with Crippen molar-refractivity contribution in [3.63, 3.8) is 0 Å². The Morgan fingerprint density at radius 3 is 1.25 bits per heavy atom. The van der Waals surface area contributed by atoms with Crippen LogP contribution in [0.25, 0.3) is 0 Å². The standard InChI is InChI=1S/C20H16BrClFN3O9.C19H13BrClFN2O9/c1-33-24-9-17(23)18(35-20(28)14-7-6-13(26(31)32)8-16(14)22)15(21)10-34-19(27)11-2-4-12(5-3-11)25(29)30;20-14(9-32-18(26)10-1-3-11(4-2-10)23(28)29)17(16(22)8-25)33-19(27)13-6-5-12(24(30)31)7-15(13)21/h2-9,15,17-18H,10H2,1H3;1-8,14,16-17H,9H2/t15-,17+,18+;14-,16+,17+/m00/s1. The molecule has 0 aliphatic carbocycles. The number of hydrogen-bond donors (Lipinski definition) is 0. The van der Waals surface area contributed by atoms with Gasteiger partial charge in [-0.3, -0.25) is 45.3 Å². The molecule has 360 valence electrons. The van der Waals surface area contributed by atoms with E-state index < -0.39 is 91.0 Å². The van der Waals surface area contributed by atoms with Crippen molar-refractivity contribution < 1.29 is 76.2 Å². The summed E-state index contributed by atoms with van der Waals surface area (Å²) in [4.78, 5) is 103. The van der Waals surface area contributed by atoms with Gasteiger partial charge in [-0.05, 0) is 36.4 Å². The highest BCUT2D eigenvalue weighted by Gasteiger charge is 2.35. The number of ether oxygens (including phenoxy) is 4. The van der Waals surface area contributed by atoms with Crippen LogP contribution in [0.15, 0.2) is 90.1 Å². The number of oxime groups is 1. The molecule has 29 heteroatoms. The maximum absolute atomic E-state index is 14.8. The van der Waals surface area contributed by atoms with E-state index in [1.807, 2.05) is 0 Å². The maximum Gasteiger partial charge on any atom is 0.340 e. The van der Waals surface area contributed by atoms with Crippen molar-refractivity contribution in [2.45, 2.75) is 34.2 Å². The summed E-state index contributed by atoms with van der Waals surface area (Å²) >= 11 is 17.9. The van der Waals surface area contributed by atoms with Crippen molar-refractivity contribution in [2.75, 3.05) is 20.3 Å². The number of benzene rings is 4. The number of rotatable bonds is 21. The highest BCUT2D eigenvalue weighted by molar-refractivity contribution is 9.09. The Bertz CT molecular complexity index is 2560. The molecule has 68 heavy (non-hydrogen) atoms. The zero-order valence-electron chi connectivity index (χ0n) is 34.0. The van der Waals surface area contributed by atoms with Gasteiger partial charge < -0.3 is 23.8 Å². The van der Waals surface area contributed by atoms with E-state index in [0.717, 1.165) is 72.8 Å². The van der Waals surface area contributed by atoms with Crippen LogP contribution in [0, 0.1) is 40.5 Å². The van der Waals surface area contributed by atoms with Crippen LogP contribution >= 0.6 is 55.1 Å². The zero-order valence-corrected chi connectivity index (χ0v) is 38.7. The molecule has 0 saturated heterocycles. The molecule has 0 radical (unpaired) electrons. The van der Waals surface area contributed by atoms with Gasteiger partial charge in [-0.1, -0.05) is 60.2 Å². The monoisotopic (exact) mass is 1120 g/mol. The molecule has 0 unspecified atom stereocenters. The second-order valence-electron chi connectivity index (χ2n) is 12.9. The second kappa shape index (κ2) is 26.3. The minimum Gasteiger partial charge on any atom is -0.461 e. The van der Waals surface area contributed by atoms with Gasteiger partial charge in [-0.15, -0.1) is 0 Å². The summed E-state index contributed by atoms with van der Waals surface area (Å²) in [7, 11) is 1.17. The first-order valence-electron chi connectivity index (χ1n) is 18.3. The Balaban J connectivity index is 0.000000361. The van der Waals surface area contributed by atoms with Crippen molar-refractivity contribution in [1.82, 2.24) is 0 Å². The lowest BCUT2D eigenvalue weighted by atomic mass is 10.1. The molecule has 0 fully saturated rings. The second-order valence-corrected chi connectivity index (χ2v) is 16.0. The van der Waals surface area contributed by atoms with Crippen LogP contribution in [-0.2, 0) is 28.6 Å². The number of hydrogen-bond acceptors (Lipinski definition) is 19. The number of carbonyl (C=O) groups is 5. The number of non-ortho nitro benzene ring substituents is 4. The van der Waals surface area contributed by atoms with Gasteiger partial charge in [0.05, 0.1) is 67.9 Å². The number of nitrogens with zero attached hydrogens (tertiary/aromatic N) is 5. The number of nitro benzene ring substituents is 4. The van der Waals surface area contributed by atoms with E-state index in [1.54, 1.807) is 0 Å². The first-order chi connectivity index (χ1) is 32.1. The fourth-order valence-corrected chi connectivity index (χ4v) is 6.57. The molecule has 0 N–H and O–H groups in total. The van der Waals surface area contributed by atoms with Gasteiger partial charge in [0, 0.05) is 48.5 Å². The van der Waals surface area contributed by atoms with Crippen LogP contribution in [0.5, 0.6) is 0 Å². The molecule has 0 aliphatic heterocycles. The van der Waals surface area contributed by atoms with E-state index in [-0.39, 0.29) is 61.3 Å². The average molecular weight is 1120 g/mol. The molecular formula is C39H29Br2Cl2F2N5O18. The number of alkyl halides is 4. The van der Waals surface area contributed by atoms with E-state index in [1.165, 1.54) is 19.2 Å². The smallest absolute Gasteiger partial charge is 0.340 e.